The van der Waals surface area contributed by atoms with E-state index >= 15 is 0 Å². The summed E-state index contributed by atoms with van der Waals surface area (Å²) in [5, 5.41) is 3.88. The van der Waals surface area contributed by atoms with Crippen LogP contribution in [0.4, 0.5) is 13.2 Å². The molecule has 0 spiro atoms. The number of benzene rings is 1. The van der Waals surface area contributed by atoms with Gasteiger partial charge in [0.25, 0.3) is 0 Å². The van der Waals surface area contributed by atoms with E-state index in [0.717, 1.165) is 10.2 Å². The second-order valence-electron chi connectivity index (χ2n) is 5.38. The van der Waals surface area contributed by atoms with E-state index in [1.165, 1.54) is 20.0 Å². The zero-order valence-corrected chi connectivity index (χ0v) is 11.5. The van der Waals surface area contributed by atoms with Gasteiger partial charge in [0.05, 0.1) is 11.9 Å². The van der Waals surface area contributed by atoms with Gasteiger partial charge in [-0.3, -0.25) is 0 Å². The maximum Gasteiger partial charge on any atom is 0.433 e. The molecule has 3 nitrogen and oxygen atoms in total. The minimum atomic E-state index is -4.52. The van der Waals surface area contributed by atoms with Crippen LogP contribution < -0.4 is 5.73 Å². The molecular formula is C14H16F3N3. The Labute approximate surface area is 115 Å². The fourth-order valence-electron chi connectivity index (χ4n) is 2.05. The molecule has 20 heavy (non-hydrogen) atoms. The third-order valence-corrected chi connectivity index (χ3v) is 2.98. The van der Waals surface area contributed by atoms with Crippen LogP contribution in [0.1, 0.15) is 30.7 Å². The van der Waals surface area contributed by atoms with Gasteiger partial charge in [-0.1, -0.05) is 12.1 Å². The molecule has 0 aliphatic carbocycles. The van der Waals surface area contributed by atoms with Gasteiger partial charge in [-0.25, -0.2) is 4.68 Å². The number of hydrogen-bond acceptors (Lipinski definition) is 2. The highest BCUT2D eigenvalue weighted by atomic mass is 19.4. The fraction of sp³-hybridized carbons (Fsp3) is 0.357. The van der Waals surface area contributed by atoms with Crippen LogP contribution in [0.5, 0.6) is 0 Å². The van der Waals surface area contributed by atoms with Crippen LogP contribution >= 0.6 is 0 Å². The number of rotatable bonds is 2. The molecule has 0 fully saturated rings. The van der Waals surface area contributed by atoms with Crippen LogP contribution in [0.25, 0.3) is 5.69 Å². The third-order valence-electron chi connectivity index (χ3n) is 2.98. The molecule has 6 heteroatoms. The Morgan fingerprint density at radius 3 is 2.35 bits per heavy atom. The summed E-state index contributed by atoms with van der Waals surface area (Å²) in [4.78, 5) is 0. The summed E-state index contributed by atoms with van der Waals surface area (Å²) in [7, 11) is 0. The Morgan fingerprint density at radius 1 is 1.20 bits per heavy atom. The molecule has 1 aromatic heterocycles. The van der Waals surface area contributed by atoms with E-state index < -0.39 is 17.4 Å². The summed E-state index contributed by atoms with van der Waals surface area (Å²) in [6.07, 6.45) is -3.34. The van der Waals surface area contributed by atoms with Crippen molar-refractivity contribution in [2.75, 3.05) is 0 Å². The van der Waals surface area contributed by atoms with E-state index in [1.54, 1.807) is 18.2 Å². The average molecular weight is 283 g/mol. The number of aromatic nitrogens is 2. The van der Waals surface area contributed by atoms with Crippen LogP contribution in [0.15, 0.2) is 30.5 Å². The quantitative estimate of drug-likeness (QED) is 0.918. The maximum atomic E-state index is 13.3. The zero-order valence-electron chi connectivity index (χ0n) is 11.5. The Balaban J connectivity index is 2.70. The van der Waals surface area contributed by atoms with Crippen molar-refractivity contribution in [2.24, 2.45) is 5.73 Å². The normalized spacial score (nSPS) is 12.8. The van der Waals surface area contributed by atoms with Crippen molar-refractivity contribution in [1.29, 1.82) is 0 Å². The predicted octanol–water partition coefficient (Wildman–Crippen LogP) is 3.39. The smallest absolute Gasteiger partial charge is 0.322 e. The topological polar surface area (TPSA) is 43.8 Å². The molecule has 2 N–H and O–H groups in total. The summed E-state index contributed by atoms with van der Waals surface area (Å²) < 4.78 is 40.9. The minimum Gasteiger partial charge on any atom is -0.322 e. The molecule has 0 aliphatic rings. The molecule has 0 atom stereocenters. The fourth-order valence-corrected chi connectivity index (χ4v) is 2.05. The van der Waals surface area contributed by atoms with Crippen molar-refractivity contribution < 1.29 is 13.2 Å². The largest absolute Gasteiger partial charge is 0.433 e. The molecule has 0 saturated heterocycles. The summed E-state index contributed by atoms with van der Waals surface area (Å²) in [6, 6.07) is 6.74. The molecule has 1 aromatic carbocycles. The van der Waals surface area contributed by atoms with Gasteiger partial charge in [-0.05, 0) is 38.5 Å². The molecule has 0 aliphatic heterocycles. The second-order valence-corrected chi connectivity index (χ2v) is 5.38. The van der Waals surface area contributed by atoms with Gasteiger partial charge < -0.3 is 5.73 Å². The SMILES string of the molecule is Cc1cccc(-n2ncc(C(C)(C)N)c2C(F)(F)F)c1. The van der Waals surface area contributed by atoms with Crippen molar-refractivity contribution >= 4 is 0 Å². The summed E-state index contributed by atoms with van der Waals surface area (Å²) in [6.45, 7) is 4.87. The van der Waals surface area contributed by atoms with Crippen LogP contribution in [0, 0.1) is 6.92 Å². The molecule has 108 valence electrons. The third kappa shape index (κ3) is 2.70. The van der Waals surface area contributed by atoms with Gasteiger partial charge in [0.2, 0.25) is 0 Å². The molecule has 2 rings (SSSR count). The first kappa shape index (κ1) is 14.6. The van der Waals surface area contributed by atoms with E-state index in [9.17, 15) is 13.2 Å². The monoisotopic (exact) mass is 283 g/mol. The van der Waals surface area contributed by atoms with E-state index in [-0.39, 0.29) is 5.56 Å². The summed E-state index contributed by atoms with van der Waals surface area (Å²) in [5.74, 6) is 0. The lowest BCUT2D eigenvalue weighted by Crippen LogP contribution is -2.31. The molecular weight excluding hydrogens is 267 g/mol. The average Bonchev–Trinajstić information content (AvgIpc) is 2.72. The Kier molecular flexibility index (Phi) is 3.37. The van der Waals surface area contributed by atoms with Crippen LogP contribution in [0.2, 0.25) is 0 Å². The molecule has 0 radical (unpaired) electrons. The van der Waals surface area contributed by atoms with Gasteiger partial charge in [-0.2, -0.15) is 18.3 Å². The first-order valence-electron chi connectivity index (χ1n) is 6.12. The van der Waals surface area contributed by atoms with Gasteiger partial charge >= 0.3 is 6.18 Å². The molecule has 0 saturated carbocycles. The Bertz CT molecular complexity index is 621. The van der Waals surface area contributed by atoms with Crippen molar-refractivity contribution in [1.82, 2.24) is 9.78 Å². The summed E-state index contributed by atoms with van der Waals surface area (Å²) in [5.41, 5.74) is 5.09. The second kappa shape index (κ2) is 4.63. The van der Waals surface area contributed by atoms with Gasteiger partial charge in [-0.15, -0.1) is 0 Å². The molecule has 0 amide bonds. The number of aryl methyl sites for hydroxylation is 1. The van der Waals surface area contributed by atoms with Gasteiger partial charge in [0, 0.05) is 11.1 Å². The first-order chi connectivity index (χ1) is 9.10. The number of hydrogen-bond donors (Lipinski definition) is 1. The molecule has 2 aromatic rings. The highest BCUT2D eigenvalue weighted by Crippen LogP contribution is 2.37. The van der Waals surface area contributed by atoms with E-state index in [1.807, 2.05) is 13.0 Å². The molecule has 1 heterocycles. The lowest BCUT2D eigenvalue weighted by atomic mass is 9.96. The highest BCUT2D eigenvalue weighted by Gasteiger charge is 2.41. The van der Waals surface area contributed by atoms with E-state index in [2.05, 4.69) is 5.10 Å². The maximum absolute atomic E-state index is 13.3. The number of nitrogens with two attached hydrogens (primary N) is 1. The number of halogens is 3. The van der Waals surface area contributed by atoms with Crippen LogP contribution in [0.3, 0.4) is 0 Å². The molecule has 0 bridgehead atoms. The van der Waals surface area contributed by atoms with Crippen molar-refractivity contribution in [3.63, 3.8) is 0 Å². The predicted molar refractivity (Wildman–Crippen MR) is 70.5 cm³/mol. The van der Waals surface area contributed by atoms with Gasteiger partial charge in [0.1, 0.15) is 0 Å². The number of nitrogens with zero attached hydrogens (tertiary/aromatic N) is 2. The zero-order chi connectivity index (χ0) is 15.1. The minimum absolute atomic E-state index is 0.0218. The lowest BCUT2D eigenvalue weighted by Gasteiger charge is -2.21. The van der Waals surface area contributed by atoms with Crippen LogP contribution in [-0.4, -0.2) is 9.78 Å². The highest BCUT2D eigenvalue weighted by molar-refractivity contribution is 5.40. The van der Waals surface area contributed by atoms with Gasteiger partial charge in [0.15, 0.2) is 5.69 Å². The van der Waals surface area contributed by atoms with E-state index in [4.69, 9.17) is 5.73 Å². The van der Waals surface area contributed by atoms with E-state index in [0.29, 0.717) is 5.69 Å². The Hall–Kier alpha value is -1.82. The van der Waals surface area contributed by atoms with Crippen molar-refractivity contribution in [3.8, 4) is 5.69 Å². The Morgan fingerprint density at radius 2 is 1.85 bits per heavy atom. The first-order valence-corrected chi connectivity index (χ1v) is 6.12. The summed E-state index contributed by atoms with van der Waals surface area (Å²) >= 11 is 0. The number of alkyl halides is 3. The molecule has 0 unspecified atom stereocenters. The van der Waals surface area contributed by atoms with Crippen LogP contribution in [-0.2, 0) is 11.7 Å². The van der Waals surface area contributed by atoms with Crippen molar-refractivity contribution in [2.45, 2.75) is 32.5 Å². The lowest BCUT2D eigenvalue weighted by molar-refractivity contribution is -0.143. The standard InChI is InChI=1S/C14H16F3N3/c1-9-5-4-6-10(7-9)20-12(14(15,16)17)11(8-19-20)13(2,3)18/h4-8H,18H2,1-3H3. The van der Waals surface area contributed by atoms with Crippen molar-refractivity contribution in [3.05, 3.63) is 47.3 Å².